The zero-order chi connectivity index (χ0) is 12.9. The van der Waals surface area contributed by atoms with E-state index in [0.29, 0.717) is 39.1 Å². The van der Waals surface area contributed by atoms with E-state index in [9.17, 15) is 13.5 Å². The van der Waals surface area contributed by atoms with Crippen LogP contribution in [-0.4, -0.2) is 56.3 Å². The Bertz CT molecular complexity index is 321. The fraction of sp³-hybridized carbons (Fsp3) is 1.00. The summed E-state index contributed by atoms with van der Waals surface area (Å²) >= 11 is 0. The largest absolute Gasteiger partial charge is 0.388 e. The van der Waals surface area contributed by atoms with Crippen LogP contribution in [0.1, 0.15) is 26.7 Å². The van der Waals surface area contributed by atoms with Crippen LogP contribution in [0.25, 0.3) is 0 Å². The maximum Gasteiger partial charge on any atom is 0.279 e. The summed E-state index contributed by atoms with van der Waals surface area (Å²) in [7, 11) is -3.48. The summed E-state index contributed by atoms with van der Waals surface area (Å²) in [6, 6.07) is 0. The normalized spacial score (nSPS) is 20.7. The first-order chi connectivity index (χ1) is 7.93. The van der Waals surface area contributed by atoms with Gasteiger partial charge in [0.15, 0.2) is 0 Å². The van der Waals surface area contributed by atoms with Gasteiger partial charge in [-0.3, -0.25) is 0 Å². The quantitative estimate of drug-likeness (QED) is 0.692. The smallest absolute Gasteiger partial charge is 0.279 e. The first-order valence-electron chi connectivity index (χ1n) is 5.98. The minimum Gasteiger partial charge on any atom is -0.388 e. The number of rotatable bonds is 6. The molecule has 1 aliphatic heterocycles. The van der Waals surface area contributed by atoms with Crippen LogP contribution in [0.4, 0.5) is 0 Å². The molecule has 0 saturated carbocycles. The van der Waals surface area contributed by atoms with Crippen LogP contribution < -0.4 is 4.72 Å². The molecule has 0 aromatic rings. The summed E-state index contributed by atoms with van der Waals surface area (Å²) in [5.41, 5.74) is -0.974. The van der Waals surface area contributed by atoms with Crippen LogP contribution in [-0.2, 0) is 14.9 Å². The Balaban J connectivity index is 2.54. The molecule has 1 rings (SSSR count). The van der Waals surface area contributed by atoms with Gasteiger partial charge in [-0.2, -0.15) is 17.4 Å². The predicted octanol–water partition coefficient (Wildman–Crippen LogP) is -0.296. The molecule has 0 spiro atoms. The van der Waals surface area contributed by atoms with Crippen molar-refractivity contribution in [1.29, 1.82) is 0 Å². The van der Waals surface area contributed by atoms with Gasteiger partial charge in [0, 0.05) is 45.7 Å². The first-order valence-corrected chi connectivity index (χ1v) is 7.42. The molecule has 0 aromatic heterocycles. The van der Waals surface area contributed by atoms with E-state index in [-0.39, 0.29) is 6.54 Å². The van der Waals surface area contributed by atoms with E-state index < -0.39 is 15.8 Å². The molecular weight excluding hydrogens is 244 g/mol. The van der Waals surface area contributed by atoms with Crippen molar-refractivity contribution < 1.29 is 18.3 Å². The predicted molar refractivity (Wildman–Crippen MR) is 64.8 cm³/mol. The second-order valence-corrected chi connectivity index (χ2v) is 6.00. The van der Waals surface area contributed by atoms with Gasteiger partial charge in [-0.15, -0.1) is 0 Å². The third kappa shape index (κ3) is 4.18. The molecule has 0 atom stereocenters. The summed E-state index contributed by atoms with van der Waals surface area (Å²) in [4.78, 5) is 0. The van der Waals surface area contributed by atoms with Crippen LogP contribution in [0.3, 0.4) is 0 Å². The Hall–Kier alpha value is -0.210. The number of aliphatic hydroxyl groups is 1. The maximum absolute atomic E-state index is 11.9. The molecule has 0 radical (unpaired) electrons. The highest BCUT2D eigenvalue weighted by Crippen LogP contribution is 2.19. The Kier molecular flexibility index (Phi) is 5.33. The Morgan fingerprint density at radius 2 is 1.82 bits per heavy atom. The molecule has 0 aromatic carbocycles. The average molecular weight is 266 g/mol. The zero-order valence-corrected chi connectivity index (χ0v) is 11.3. The lowest BCUT2D eigenvalue weighted by molar-refractivity contribution is -0.0590. The van der Waals surface area contributed by atoms with Crippen molar-refractivity contribution in [2.24, 2.45) is 0 Å². The molecule has 1 aliphatic rings. The van der Waals surface area contributed by atoms with Gasteiger partial charge in [0.2, 0.25) is 0 Å². The van der Waals surface area contributed by atoms with E-state index in [4.69, 9.17) is 4.74 Å². The second kappa shape index (κ2) is 6.10. The van der Waals surface area contributed by atoms with Crippen molar-refractivity contribution in [3.8, 4) is 0 Å². The van der Waals surface area contributed by atoms with Crippen LogP contribution in [0.5, 0.6) is 0 Å². The first kappa shape index (κ1) is 14.8. The molecule has 2 N–H and O–H groups in total. The molecule has 0 aliphatic carbocycles. The van der Waals surface area contributed by atoms with Gasteiger partial charge >= 0.3 is 0 Å². The number of nitrogens with zero attached hydrogens (tertiary/aromatic N) is 1. The van der Waals surface area contributed by atoms with Gasteiger partial charge in [0.1, 0.15) is 0 Å². The van der Waals surface area contributed by atoms with E-state index in [2.05, 4.69) is 4.72 Å². The Morgan fingerprint density at radius 3 is 2.29 bits per heavy atom. The van der Waals surface area contributed by atoms with E-state index in [1.807, 2.05) is 0 Å². The van der Waals surface area contributed by atoms with Crippen molar-refractivity contribution in [2.75, 3.05) is 32.8 Å². The lowest BCUT2D eigenvalue weighted by Crippen LogP contribution is -2.50. The highest BCUT2D eigenvalue weighted by Gasteiger charge is 2.32. The van der Waals surface area contributed by atoms with Crippen molar-refractivity contribution in [2.45, 2.75) is 32.3 Å². The third-order valence-electron chi connectivity index (χ3n) is 3.05. The third-order valence-corrected chi connectivity index (χ3v) is 4.76. The van der Waals surface area contributed by atoms with E-state index in [1.54, 1.807) is 13.8 Å². The molecule has 0 bridgehead atoms. The summed E-state index contributed by atoms with van der Waals surface area (Å²) in [6.07, 6.45) is 0.932. The molecule has 7 heteroatoms. The molecule has 1 heterocycles. The van der Waals surface area contributed by atoms with Crippen molar-refractivity contribution in [3.05, 3.63) is 0 Å². The number of ether oxygens (including phenoxy) is 1. The maximum atomic E-state index is 11.9. The van der Waals surface area contributed by atoms with Crippen LogP contribution in [0, 0.1) is 0 Å². The Labute approximate surface area is 103 Å². The molecule has 0 unspecified atom stereocenters. The average Bonchev–Trinajstić information content (AvgIpc) is 2.29. The van der Waals surface area contributed by atoms with Gasteiger partial charge in [-0.25, -0.2) is 0 Å². The molecule has 1 fully saturated rings. The topological polar surface area (TPSA) is 78.9 Å². The van der Waals surface area contributed by atoms with Crippen LogP contribution >= 0.6 is 0 Å². The highest BCUT2D eigenvalue weighted by atomic mass is 32.2. The molecular formula is C10H22N2O4S. The number of hydrogen-bond acceptors (Lipinski definition) is 4. The Morgan fingerprint density at radius 1 is 1.29 bits per heavy atom. The van der Waals surface area contributed by atoms with Crippen LogP contribution in [0.2, 0.25) is 0 Å². The van der Waals surface area contributed by atoms with Crippen LogP contribution in [0.15, 0.2) is 0 Å². The summed E-state index contributed by atoms with van der Waals surface area (Å²) in [5.74, 6) is 0. The summed E-state index contributed by atoms with van der Waals surface area (Å²) in [6.45, 7) is 5.42. The molecule has 0 amide bonds. The molecule has 6 nitrogen and oxygen atoms in total. The minimum absolute atomic E-state index is 0.0508. The van der Waals surface area contributed by atoms with Gasteiger partial charge in [0.05, 0.1) is 5.60 Å². The summed E-state index contributed by atoms with van der Waals surface area (Å²) in [5, 5.41) is 10.1. The molecule has 1 saturated heterocycles. The fourth-order valence-corrected chi connectivity index (χ4v) is 3.12. The fourth-order valence-electron chi connectivity index (χ4n) is 1.81. The summed E-state index contributed by atoms with van der Waals surface area (Å²) < 4.78 is 32.6. The second-order valence-electron chi connectivity index (χ2n) is 4.25. The lowest BCUT2D eigenvalue weighted by Gasteiger charge is -2.32. The van der Waals surface area contributed by atoms with E-state index in [0.717, 1.165) is 0 Å². The van der Waals surface area contributed by atoms with Crippen molar-refractivity contribution in [3.63, 3.8) is 0 Å². The molecule has 17 heavy (non-hydrogen) atoms. The SMILES string of the molecule is CCN(CC)S(=O)(=O)NCC1(O)CCOCC1. The van der Waals surface area contributed by atoms with E-state index in [1.165, 1.54) is 4.31 Å². The highest BCUT2D eigenvalue weighted by molar-refractivity contribution is 7.87. The zero-order valence-electron chi connectivity index (χ0n) is 10.5. The van der Waals surface area contributed by atoms with Gasteiger partial charge in [-0.1, -0.05) is 13.8 Å². The minimum atomic E-state index is -3.48. The van der Waals surface area contributed by atoms with E-state index >= 15 is 0 Å². The van der Waals surface area contributed by atoms with Crippen molar-refractivity contribution >= 4 is 10.2 Å². The number of nitrogens with one attached hydrogen (secondary N) is 1. The molecule has 102 valence electrons. The van der Waals surface area contributed by atoms with Gasteiger partial charge < -0.3 is 9.84 Å². The monoisotopic (exact) mass is 266 g/mol. The lowest BCUT2D eigenvalue weighted by atomic mass is 9.95. The van der Waals surface area contributed by atoms with Gasteiger partial charge in [0.25, 0.3) is 10.2 Å². The van der Waals surface area contributed by atoms with Gasteiger partial charge in [-0.05, 0) is 0 Å². The van der Waals surface area contributed by atoms with Crippen molar-refractivity contribution in [1.82, 2.24) is 9.03 Å². The number of hydrogen-bond donors (Lipinski definition) is 2. The standard InChI is InChI=1S/C10H22N2O4S/c1-3-12(4-2)17(14,15)11-9-10(13)5-7-16-8-6-10/h11,13H,3-9H2,1-2H3.